The van der Waals surface area contributed by atoms with Gasteiger partial charge in [0.05, 0.1) is 18.8 Å². The number of halogens is 1. The molecule has 2 aromatic rings. The highest BCUT2D eigenvalue weighted by Gasteiger charge is 2.44. The first-order chi connectivity index (χ1) is 15.5. The van der Waals surface area contributed by atoms with E-state index in [-0.39, 0.29) is 19.1 Å². The van der Waals surface area contributed by atoms with Gasteiger partial charge >= 0.3 is 0 Å². The lowest BCUT2D eigenvalue weighted by Crippen LogP contribution is -2.47. The zero-order valence-corrected chi connectivity index (χ0v) is 19.2. The molecule has 32 heavy (non-hydrogen) atoms. The summed E-state index contributed by atoms with van der Waals surface area (Å²) in [7, 11) is 0. The van der Waals surface area contributed by atoms with E-state index in [9.17, 15) is 15.3 Å². The van der Waals surface area contributed by atoms with Gasteiger partial charge in [0.1, 0.15) is 12.2 Å². The van der Waals surface area contributed by atoms with E-state index >= 15 is 0 Å². The van der Waals surface area contributed by atoms with Gasteiger partial charge < -0.3 is 20.1 Å². The van der Waals surface area contributed by atoms with Crippen LogP contribution in [0.25, 0.3) is 0 Å². The lowest BCUT2D eigenvalue weighted by atomic mass is 9.77. The van der Waals surface area contributed by atoms with Gasteiger partial charge in [0.15, 0.2) is 0 Å². The normalized spacial score (nSPS) is 29.9. The number of aliphatic hydroxyl groups is 3. The Morgan fingerprint density at radius 1 is 0.938 bits per heavy atom. The molecule has 0 unspecified atom stereocenters. The van der Waals surface area contributed by atoms with Crippen LogP contribution in [-0.2, 0) is 11.2 Å². The molecule has 1 saturated heterocycles. The molecule has 1 heterocycles. The Labute approximate surface area is 195 Å². The van der Waals surface area contributed by atoms with Crippen molar-refractivity contribution in [2.24, 2.45) is 5.41 Å². The highest BCUT2D eigenvalue weighted by molar-refractivity contribution is 6.31. The maximum absolute atomic E-state index is 10.2. The van der Waals surface area contributed by atoms with E-state index in [2.05, 4.69) is 24.3 Å². The Morgan fingerprint density at radius 3 is 2.28 bits per heavy atom. The molecule has 4 nitrogen and oxygen atoms in total. The Balaban J connectivity index is 1.27. The van der Waals surface area contributed by atoms with Crippen molar-refractivity contribution in [1.82, 2.24) is 0 Å². The fourth-order valence-electron chi connectivity index (χ4n) is 5.62. The molecule has 0 radical (unpaired) electrons. The van der Waals surface area contributed by atoms with Crippen LogP contribution in [0.3, 0.4) is 0 Å². The number of aliphatic hydroxyl groups excluding tert-OH is 3. The zero-order chi connectivity index (χ0) is 22.3. The molecule has 3 fully saturated rings. The van der Waals surface area contributed by atoms with Crippen molar-refractivity contribution < 1.29 is 20.1 Å². The summed E-state index contributed by atoms with van der Waals surface area (Å²) in [6.07, 6.45) is 6.19. The van der Waals surface area contributed by atoms with Crippen LogP contribution in [0, 0.1) is 5.41 Å². The van der Waals surface area contributed by atoms with E-state index in [1.807, 2.05) is 18.2 Å². The molecule has 0 amide bonds. The monoisotopic (exact) mass is 456 g/mol. The molecule has 2 aromatic carbocycles. The molecule has 3 aliphatic rings. The number of rotatable bonds is 5. The first-order valence-electron chi connectivity index (χ1n) is 12.0. The Morgan fingerprint density at radius 2 is 1.62 bits per heavy atom. The van der Waals surface area contributed by atoms with Gasteiger partial charge in [-0.3, -0.25) is 0 Å². The van der Waals surface area contributed by atoms with Gasteiger partial charge in [0.2, 0.25) is 0 Å². The van der Waals surface area contributed by atoms with Crippen molar-refractivity contribution in [3.05, 3.63) is 69.7 Å². The molecule has 0 bridgehead atoms. The van der Waals surface area contributed by atoms with Crippen LogP contribution in [0.5, 0.6) is 0 Å². The van der Waals surface area contributed by atoms with E-state index in [0.717, 1.165) is 23.0 Å². The Hall–Kier alpha value is -1.43. The van der Waals surface area contributed by atoms with Crippen molar-refractivity contribution in [3.8, 4) is 0 Å². The van der Waals surface area contributed by atoms with E-state index in [4.69, 9.17) is 16.3 Å². The number of hydrogen-bond acceptors (Lipinski definition) is 4. The van der Waals surface area contributed by atoms with Crippen LogP contribution in [0.15, 0.2) is 42.5 Å². The third kappa shape index (κ3) is 4.62. The fourth-order valence-corrected chi connectivity index (χ4v) is 5.80. The van der Waals surface area contributed by atoms with Crippen LogP contribution < -0.4 is 0 Å². The minimum absolute atomic E-state index is 0.288. The second kappa shape index (κ2) is 9.08. The summed E-state index contributed by atoms with van der Waals surface area (Å²) in [5.41, 5.74) is 5.32. The van der Waals surface area contributed by atoms with Crippen LogP contribution in [0.4, 0.5) is 0 Å². The summed E-state index contributed by atoms with van der Waals surface area (Å²) in [6, 6.07) is 14.8. The molecule has 5 rings (SSSR count). The van der Waals surface area contributed by atoms with E-state index in [0.29, 0.717) is 10.9 Å². The molecule has 5 heteroatoms. The lowest BCUT2D eigenvalue weighted by molar-refractivity contribution is -0.181. The van der Waals surface area contributed by atoms with E-state index in [1.165, 1.54) is 49.7 Å². The van der Waals surface area contributed by atoms with Crippen molar-refractivity contribution in [3.63, 3.8) is 0 Å². The molecule has 3 N–H and O–H groups in total. The highest BCUT2D eigenvalue weighted by atomic mass is 35.5. The lowest BCUT2D eigenvalue weighted by Gasteiger charge is -2.36. The predicted octanol–water partition coefficient (Wildman–Crippen LogP) is 4.91. The van der Waals surface area contributed by atoms with Gasteiger partial charge in [-0.2, -0.15) is 0 Å². The maximum Gasteiger partial charge on any atom is 0.110 e. The quantitative estimate of drug-likeness (QED) is 0.597. The zero-order valence-electron chi connectivity index (χ0n) is 18.4. The topological polar surface area (TPSA) is 69.9 Å². The Kier molecular flexibility index (Phi) is 6.34. The predicted molar refractivity (Wildman–Crippen MR) is 125 cm³/mol. The largest absolute Gasteiger partial charge is 0.394 e. The molecule has 4 atom stereocenters. The highest BCUT2D eigenvalue weighted by Crippen LogP contribution is 2.58. The molecule has 1 spiro atoms. The van der Waals surface area contributed by atoms with Gasteiger partial charge in [-0.15, -0.1) is 0 Å². The maximum atomic E-state index is 10.2. The second-order valence-electron chi connectivity index (χ2n) is 10.2. The van der Waals surface area contributed by atoms with Crippen LogP contribution in [-0.4, -0.2) is 40.2 Å². The third-order valence-corrected chi connectivity index (χ3v) is 8.41. The molecular weight excluding hydrogens is 424 g/mol. The van der Waals surface area contributed by atoms with Crippen molar-refractivity contribution in [1.29, 1.82) is 0 Å². The summed E-state index contributed by atoms with van der Waals surface area (Å²) in [5.74, 6) is 0.701. The molecule has 1 aliphatic heterocycles. The molecule has 0 aromatic heterocycles. The summed E-state index contributed by atoms with van der Waals surface area (Å²) in [4.78, 5) is 0. The first-order valence-corrected chi connectivity index (χ1v) is 12.3. The standard InChI is InChI=1S/C27H33ClO4/c28-22-6-5-20(24-15-23(30)26(31)25(16-29)32-24)14-21(22)13-17-1-3-18(4-2-17)19-7-9-27(10-8-19)11-12-27/h1-6,14,19,23-26,29-31H,7-13,15-16H2/t23-,24-,25-,26+/m1/s1. The smallest absolute Gasteiger partial charge is 0.110 e. The van der Waals surface area contributed by atoms with Crippen LogP contribution in [0.1, 0.15) is 79.2 Å². The molecule has 2 saturated carbocycles. The summed E-state index contributed by atoms with van der Waals surface area (Å²) < 4.78 is 5.85. The number of hydrogen-bond donors (Lipinski definition) is 3. The number of ether oxygens (including phenoxy) is 1. The first kappa shape index (κ1) is 22.4. The Bertz CT molecular complexity index is 929. The summed E-state index contributed by atoms with van der Waals surface area (Å²) in [6.45, 7) is -0.330. The van der Waals surface area contributed by atoms with Gasteiger partial charge in [-0.25, -0.2) is 0 Å². The average Bonchev–Trinajstić information content (AvgIpc) is 3.57. The minimum Gasteiger partial charge on any atom is -0.394 e. The second-order valence-corrected chi connectivity index (χ2v) is 10.6. The molecular formula is C27H33ClO4. The van der Waals surface area contributed by atoms with Crippen LogP contribution >= 0.6 is 11.6 Å². The molecule has 172 valence electrons. The van der Waals surface area contributed by atoms with Crippen molar-refractivity contribution >= 4 is 11.6 Å². The van der Waals surface area contributed by atoms with Gasteiger partial charge in [-0.05, 0) is 84.6 Å². The van der Waals surface area contributed by atoms with Crippen molar-refractivity contribution in [2.45, 2.75) is 81.7 Å². The third-order valence-electron chi connectivity index (χ3n) is 8.04. The molecule has 2 aliphatic carbocycles. The summed E-state index contributed by atoms with van der Waals surface area (Å²) >= 11 is 6.51. The average molecular weight is 457 g/mol. The fraction of sp³-hybridized carbons (Fsp3) is 0.556. The van der Waals surface area contributed by atoms with E-state index < -0.39 is 18.3 Å². The SMILES string of the molecule is OC[C@H]1O[C@@H](c2ccc(Cl)c(Cc3ccc(C4CCC5(CC4)CC5)cc3)c2)C[C@@H](O)[C@@H]1O. The van der Waals surface area contributed by atoms with Crippen molar-refractivity contribution in [2.75, 3.05) is 6.61 Å². The summed E-state index contributed by atoms with van der Waals surface area (Å²) in [5, 5.41) is 30.3. The van der Waals surface area contributed by atoms with Gasteiger partial charge in [0.25, 0.3) is 0 Å². The number of benzene rings is 2. The van der Waals surface area contributed by atoms with Gasteiger partial charge in [-0.1, -0.05) is 48.0 Å². The minimum atomic E-state index is -1.07. The van der Waals surface area contributed by atoms with E-state index in [1.54, 1.807) is 0 Å². The van der Waals surface area contributed by atoms with Crippen LogP contribution in [0.2, 0.25) is 5.02 Å². The van der Waals surface area contributed by atoms with Gasteiger partial charge in [0, 0.05) is 11.4 Å².